The average molecular weight is 407 g/mol. The lowest BCUT2D eigenvalue weighted by molar-refractivity contribution is -0.154. The molecule has 1 aromatic carbocycles. The van der Waals surface area contributed by atoms with Gasteiger partial charge in [-0.25, -0.2) is 4.79 Å². The molecule has 2 saturated heterocycles. The van der Waals surface area contributed by atoms with Crippen LogP contribution in [0.4, 0.5) is 10.5 Å². The molecule has 0 saturated carbocycles. The van der Waals surface area contributed by atoms with Crippen LogP contribution < -0.4 is 10.2 Å². The number of likely N-dealkylation sites (N-methyl/N-ethyl adjacent to an activating group) is 1. The third kappa shape index (κ3) is 2.70. The first-order chi connectivity index (χ1) is 13.4. The number of ether oxygens (including phenoxy) is 1. The number of carbonyl (C=O) groups excluding carboxylic acids is 3. The summed E-state index contributed by atoms with van der Waals surface area (Å²) in [5.41, 5.74) is 0.320. The van der Waals surface area contributed by atoms with Crippen LogP contribution in [0, 0.1) is 5.41 Å². The zero-order chi connectivity index (χ0) is 20.1. The van der Waals surface area contributed by atoms with Crippen LogP contribution in [0.1, 0.15) is 5.56 Å². The Balaban J connectivity index is 1.85. The van der Waals surface area contributed by atoms with E-state index in [4.69, 9.17) is 16.3 Å². The number of urea groups is 1. The number of amides is 4. The number of rotatable bonds is 3. The van der Waals surface area contributed by atoms with Gasteiger partial charge in [0.05, 0.1) is 19.2 Å². The maximum atomic E-state index is 13.6. The Kier molecular flexibility index (Phi) is 4.81. The molecule has 2 fully saturated rings. The van der Waals surface area contributed by atoms with Crippen molar-refractivity contribution in [3.05, 3.63) is 28.8 Å². The quantitative estimate of drug-likeness (QED) is 0.745. The normalized spacial score (nSPS) is 27.7. The van der Waals surface area contributed by atoms with Crippen molar-refractivity contribution in [3.8, 4) is 0 Å². The molecule has 28 heavy (non-hydrogen) atoms. The fourth-order valence-electron chi connectivity index (χ4n) is 4.56. The Morgan fingerprint density at radius 1 is 1.29 bits per heavy atom. The van der Waals surface area contributed by atoms with Gasteiger partial charge in [-0.3, -0.25) is 19.8 Å². The fourth-order valence-corrected chi connectivity index (χ4v) is 4.80. The summed E-state index contributed by atoms with van der Waals surface area (Å²) in [6, 6.07) is 4.54. The number of barbiturate groups is 1. The van der Waals surface area contributed by atoms with Crippen LogP contribution in [-0.2, 0) is 20.7 Å². The molecular weight excluding hydrogens is 384 g/mol. The van der Waals surface area contributed by atoms with Crippen LogP contribution >= 0.6 is 11.6 Å². The second kappa shape index (κ2) is 7.02. The van der Waals surface area contributed by atoms with Crippen molar-refractivity contribution in [3.63, 3.8) is 0 Å². The van der Waals surface area contributed by atoms with Gasteiger partial charge >= 0.3 is 6.03 Å². The minimum atomic E-state index is -1.41. The number of carbonyl (C=O) groups is 3. The van der Waals surface area contributed by atoms with E-state index in [1.807, 2.05) is 19.2 Å². The number of nitrogens with zero attached hydrogens (tertiary/aromatic N) is 3. The van der Waals surface area contributed by atoms with Crippen molar-refractivity contribution in [1.82, 2.24) is 15.1 Å². The van der Waals surface area contributed by atoms with Crippen molar-refractivity contribution < 1.29 is 19.1 Å². The van der Waals surface area contributed by atoms with Gasteiger partial charge in [0.15, 0.2) is 5.41 Å². The van der Waals surface area contributed by atoms with Crippen LogP contribution in [0.15, 0.2) is 18.2 Å². The highest BCUT2D eigenvalue weighted by Crippen LogP contribution is 2.47. The first-order valence-electron chi connectivity index (χ1n) is 9.29. The van der Waals surface area contributed by atoms with E-state index in [0.29, 0.717) is 18.1 Å². The lowest BCUT2D eigenvalue weighted by Crippen LogP contribution is -2.75. The minimum absolute atomic E-state index is 0.0914. The topological polar surface area (TPSA) is 82.2 Å². The Morgan fingerprint density at radius 2 is 2.07 bits per heavy atom. The van der Waals surface area contributed by atoms with E-state index in [0.717, 1.165) is 22.7 Å². The van der Waals surface area contributed by atoms with Gasteiger partial charge in [-0.1, -0.05) is 17.7 Å². The number of fused-ring (bicyclic) bond motifs is 4. The minimum Gasteiger partial charge on any atom is -0.383 e. The number of imide groups is 2. The molecule has 1 aromatic rings. The number of methoxy groups -OCH3 is 1. The smallest absolute Gasteiger partial charge is 0.330 e. The third-order valence-corrected chi connectivity index (χ3v) is 6.38. The van der Waals surface area contributed by atoms with Crippen molar-refractivity contribution in [2.24, 2.45) is 5.41 Å². The number of hydrogen-bond donors (Lipinski definition) is 1. The molecule has 150 valence electrons. The van der Waals surface area contributed by atoms with Gasteiger partial charge in [0, 0.05) is 43.9 Å². The molecule has 2 atom stereocenters. The van der Waals surface area contributed by atoms with E-state index in [2.05, 4.69) is 15.1 Å². The van der Waals surface area contributed by atoms with Crippen molar-refractivity contribution in [1.29, 1.82) is 0 Å². The molecule has 4 amide bonds. The molecule has 4 rings (SSSR count). The standard InChI is InChI=1S/C19H23ClN4O4/c1-22-6-7-23-14-5-3-4-13(20)12(14)10-19(15(23)11-22)16(25)21-18(27)24(17(19)26)8-9-28-2/h3-5,15H,6-11H2,1-2H3,(H,21,25,27)/t15-,19+/m0/s1. The zero-order valence-corrected chi connectivity index (χ0v) is 16.7. The molecular formula is C19H23ClN4O4. The predicted octanol–water partition coefficient (Wildman–Crippen LogP) is 0.728. The van der Waals surface area contributed by atoms with Gasteiger partial charge in [-0.2, -0.15) is 0 Å². The number of hydrogen-bond acceptors (Lipinski definition) is 6. The van der Waals surface area contributed by atoms with Crippen molar-refractivity contribution in [2.45, 2.75) is 12.5 Å². The summed E-state index contributed by atoms with van der Waals surface area (Å²) in [6.45, 7) is 2.31. The largest absolute Gasteiger partial charge is 0.383 e. The molecule has 9 heteroatoms. The summed E-state index contributed by atoms with van der Waals surface area (Å²) in [7, 11) is 3.47. The van der Waals surface area contributed by atoms with Gasteiger partial charge in [-0.05, 0) is 24.7 Å². The Hall–Kier alpha value is -2.16. The lowest BCUT2D eigenvalue weighted by atomic mass is 9.67. The first kappa shape index (κ1) is 19.2. The number of anilines is 1. The van der Waals surface area contributed by atoms with E-state index in [1.54, 1.807) is 6.07 Å². The molecule has 0 unspecified atom stereocenters. The second-order valence-electron chi connectivity index (χ2n) is 7.57. The Bertz CT molecular complexity index is 847. The molecule has 3 aliphatic heterocycles. The monoisotopic (exact) mass is 406 g/mol. The number of halogens is 1. The molecule has 0 aromatic heterocycles. The lowest BCUT2D eigenvalue weighted by Gasteiger charge is -2.55. The van der Waals surface area contributed by atoms with Crippen LogP contribution in [-0.4, -0.2) is 80.6 Å². The molecule has 0 radical (unpaired) electrons. The van der Waals surface area contributed by atoms with Crippen molar-refractivity contribution >= 4 is 35.1 Å². The number of piperazine rings is 1. The summed E-state index contributed by atoms with van der Waals surface area (Å²) in [6.07, 6.45) is 0.165. The predicted molar refractivity (Wildman–Crippen MR) is 103 cm³/mol. The zero-order valence-electron chi connectivity index (χ0n) is 15.9. The van der Waals surface area contributed by atoms with E-state index in [-0.39, 0.29) is 25.6 Å². The SMILES string of the molecule is COCCN1C(=O)NC(=O)[C@]2(Cc3c(Cl)cccc3N3CCN(C)C[C@H]32)C1=O. The summed E-state index contributed by atoms with van der Waals surface area (Å²) in [4.78, 5) is 44.5. The van der Waals surface area contributed by atoms with Crippen molar-refractivity contribution in [2.75, 3.05) is 51.8 Å². The summed E-state index contributed by atoms with van der Waals surface area (Å²) < 4.78 is 5.04. The van der Waals surface area contributed by atoms with E-state index in [1.165, 1.54) is 7.11 Å². The van der Waals surface area contributed by atoms with Gasteiger partial charge in [0.2, 0.25) is 11.8 Å². The molecule has 1 N–H and O–H groups in total. The molecule has 3 heterocycles. The van der Waals surface area contributed by atoms with E-state index < -0.39 is 23.3 Å². The van der Waals surface area contributed by atoms with E-state index >= 15 is 0 Å². The van der Waals surface area contributed by atoms with Gasteiger partial charge < -0.3 is 14.5 Å². The maximum Gasteiger partial charge on any atom is 0.330 e. The summed E-state index contributed by atoms with van der Waals surface area (Å²) >= 11 is 6.47. The molecule has 3 aliphatic rings. The van der Waals surface area contributed by atoms with Crippen LogP contribution in [0.5, 0.6) is 0 Å². The Labute approximate surface area is 168 Å². The number of nitrogens with one attached hydrogen (secondary N) is 1. The van der Waals surface area contributed by atoms with E-state index in [9.17, 15) is 14.4 Å². The molecule has 0 aliphatic carbocycles. The van der Waals surface area contributed by atoms with Crippen LogP contribution in [0.25, 0.3) is 0 Å². The summed E-state index contributed by atoms with van der Waals surface area (Å²) in [5.74, 6) is -1.03. The summed E-state index contributed by atoms with van der Waals surface area (Å²) in [5, 5.41) is 2.93. The third-order valence-electron chi connectivity index (χ3n) is 6.03. The average Bonchev–Trinajstić information content (AvgIpc) is 2.66. The molecule has 1 spiro atoms. The number of benzene rings is 1. The van der Waals surface area contributed by atoms with Gasteiger partial charge in [0.1, 0.15) is 0 Å². The molecule has 8 nitrogen and oxygen atoms in total. The van der Waals surface area contributed by atoms with Gasteiger partial charge in [-0.15, -0.1) is 0 Å². The second-order valence-corrected chi connectivity index (χ2v) is 7.97. The Morgan fingerprint density at radius 3 is 2.82 bits per heavy atom. The highest BCUT2D eigenvalue weighted by Gasteiger charge is 2.62. The fraction of sp³-hybridized carbons (Fsp3) is 0.526. The maximum absolute atomic E-state index is 13.6. The van der Waals surface area contributed by atoms with Gasteiger partial charge in [0.25, 0.3) is 0 Å². The highest BCUT2D eigenvalue weighted by molar-refractivity contribution is 6.32. The highest BCUT2D eigenvalue weighted by atomic mass is 35.5. The van der Waals surface area contributed by atoms with Crippen LogP contribution in [0.2, 0.25) is 5.02 Å². The molecule has 0 bridgehead atoms. The van der Waals surface area contributed by atoms with Crippen LogP contribution in [0.3, 0.4) is 0 Å². The first-order valence-corrected chi connectivity index (χ1v) is 9.67.